The number of hydrogen-bond acceptors (Lipinski definition) is 8. The third-order valence-electron chi connectivity index (χ3n) is 4.59. The SMILES string of the molecule is Cc1nc(CSc2nnc(CSc3nc4ccccc4s3)n2Cc2ccccc2)cs1. The van der Waals surface area contributed by atoms with Crippen LogP contribution in [0.1, 0.15) is 22.1 Å². The Bertz CT molecular complexity index is 1260. The van der Waals surface area contributed by atoms with Gasteiger partial charge < -0.3 is 4.57 Å². The van der Waals surface area contributed by atoms with E-state index >= 15 is 0 Å². The number of fused-ring (bicyclic) bond motifs is 1. The van der Waals surface area contributed by atoms with Crippen molar-refractivity contribution in [2.75, 3.05) is 0 Å². The lowest BCUT2D eigenvalue weighted by Crippen LogP contribution is -2.06. The number of nitrogens with zero attached hydrogens (tertiary/aromatic N) is 5. The monoisotopic (exact) mass is 481 g/mol. The molecule has 5 aromatic rings. The van der Waals surface area contributed by atoms with E-state index in [1.807, 2.05) is 19.1 Å². The third kappa shape index (κ3) is 5.01. The van der Waals surface area contributed by atoms with Crippen LogP contribution in [0.3, 0.4) is 0 Å². The Labute approximate surface area is 197 Å². The molecule has 3 heterocycles. The molecule has 2 aromatic carbocycles. The summed E-state index contributed by atoms with van der Waals surface area (Å²) in [6, 6.07) is 18.7. The molecule has 0 N–H and O–H groups in total. The van der Waals surface area contributed by atoms with E-state index in [1.54, 1.807) is 46.2 Å². The van der Waals surface area contributed by atoms with E-state index in [0.29, 0.717) is 0 Å². The molecule has 0 fully saturated rings. The molecule has 0 radical (unpaired) electrons. The largest absolute Gasteiger partial charge is 0.301 e. The van der Waals surface area contributed by atoms with Crippen LogP contribution >= 0.6 is 46.2 Å². The molecule has 0 spiro atoms. The Morgan fingerprint density at radius 1 is 0.903 bits per heavy atom. The van der Waals surface area contributed by atoms with Gasteiger partial charge in [0, 0.05) is 11.1 Å². The highest BCUT2D eigenvalue weighted by Crippen LogP contribution is 2.32. The topological polar surface area (TPSA) is 56.5 Å². The first kappa shape index (κ1) is 20.7. The summed E-state index contributed by atoms with van der Waals surface area (Å²) in [6.45, 7) is 2.79. The van der Waals surface area contributed by atoms with Crippen molar-refractivity contribution >= 4 is 56.4 Å². The fourth-order valence-corrected chi connectivity index (χ4v) is 6.68. The highest BCUT2D eigenvalue weighted by atomic mass is 32.2. The summed E-state index contributed by atoms with van der Waals surface area (Å²) in [5, 5.41) is 13.2. The molecule has 0 saturated carbocycles. The number of para-hydroxylation sites is 1. The first-order valence-electron chi connectivity index (χ1n) is 9.73. The summed E-state index contributed by atoms with van der Waals surface area (Å²) < 4.78 is 4.49. The van der Waals surface area contributed by atoms with E-state index < -0.39 is 0 Å². The molecule has 0 aliphatic rings. The van der Waals surface area contributed by atoms with Gasteiger partial charge in [0.15, 0.2) is 9.50 Å². The van der Waals surface area contributed by atoms with Gasteiger partial charge in [0.25, 0.3) is 0 Å². The fourth-order valence-electron chi connectivity index (χ4n) is 3.11. The van der Waals surface area contributed by atoms with Crippen LogP contribution in [0.25, 0.3) is 10.2 Å². The summed E-state index contributed by atoms with van der Waals surface area (Å²) in [7, 11) is 0. The number of rotatable bonds is 8. The zero-order valence-corrected chi connectivity index (χ0v) is 20.0. The maximum absolute atomic E-state index is 4.74. The molecule has 0 saturated heterocycles. The van der Waals surface area contributed by atoms with Crippen LogP contribution in [0, 0.1) is 6.92 Å². The van der Waals surface area contributed by atoms with Crippen molar-refractivity contribution in [3.63, 3.8) is 0 Å². The van der Waals surface area contributed by atoms with Crippen molar-refractivity contribution in [1.29, 1.82) is 0 Å². The molecule has 5 nitrogen and oxygen atoms in total. The van der Waals surface area contributed by atoms with Crippen molar-refractivity contribution in [2.45, 2.75) is 34.5 Å². The summed E-state index contributed by atoms with van der Waals surface area (Å²) >= 11 is 6.82. The van der Waals surface area contributed by atoms with Crippen molar-refractivity contribution in [3.05, 3.63) is 82.1 Å². The second-order valence-electron chi connectivity index (χ2n) is 6.85. The summed E-state index contributed by atoms with van der Waals surface area (Å²) in [5.41, 5.74) is 3.38. The van der Waals surface area contributed by atoms with E-state index in [-0.39, 0.29) is 0 Å². The van der Waals surface area contributed by atoms with E-state index in [1.165, 1.54) is 10.3 Å². The predicted octanol–water partition coefficient (Wildman–Crippen LogP) is 6.29. The van der Waals surface area contributed by atoms with Gasteiger partial charge in [-0.2, -0.15) is 0 Å². The van der Waals surface area contributed by atoms with Crippen molar-refractivity contribution in [1.82, 2.24) is 24.7 Å². The number of aryl methyl sites for hydroxylation is 1. The molecular weight excluding hydrogens is 463 g/mol. The van der Waals surface area contributed by atoms with Crippen LogP contribution in [0.5, 0.6) is 0 Å². The lowest BCUT2D eigenvalue weighted by atomic mass is 10.2. The number of hydrogen-bond donors (Lipinski definition) is 0. The molecule has 0 amide bonds. The quantitative estimate of drug-likeness (QED) is 0.243. The van der Waals surface area contributed by atoms with Crippen LogP contribution in [-0.4, -0.2) is 24.7 Å². The molecule has 156 valence electrons. The Kier molecular flexibility index (Phi) is 6.35. The summed E-state index contributed by atoms with van der Waals surface area (Å²) in [4.78, 5) is 9.31. The van der Waals surface area contributed by atoms with Crippen molar-refractivity contribution in [3.8, 4) is 0 Å². The first-order chi connectivity index (χ1) is 15.2. The van der Waals surface area contributed by atoms with Gasteiger partial charge in [-0.3, -0.25) is 0 Å². The Balaban J connectivity index is 1.36. The maximum Gasteiger partial charge on any atom is 0.191 e. The number of benzene rings is 2. The van der Waals surface area contributed by atoms with Crippen LogP contribution < -0.4 is 0 Å². The number of thiazole rings is 2. The Hall–Kier alpha value is -2.20. The van der Waals surface area contributed by atoms with Gasteiger partial charge in [-0.1, -0.05) is 66.0 Å². The maximum atomic E-state index is 4.74. The third-order valence-corrected chi connectivity index (χ3v) is 8.59. The minimum Gasteiger partial charge on any atom is -0.301 e. The molecule has 0 aliphatic heterocycles. The van der Waals surface area contributed by atoms with E-state index in [4.69, 9.17) is 4.98 Å². The van der Waals surface area contributed by atoms with Crippen LogP contribution in [0.15, 0.2) is 69.5 Å². The Morgan fingerprint density at radius 2 is 1.74 bits per heavy atom. The number of thioether (sulfide) groups is 2. The summed E-state index contributed by atoms with van der Waals surface area (Å²) in [5.74, 6) is 2.49. The molecule has 5 rings (SSSR count). The second-order valence-corrected chi connectivity index (χ2v) is 11.1. The van der Waals surface area contributed by atoms with Crippen molar-refractivity contribution < 1.29 is 0 Å². The van der Waals surface area contributed by atoms with E-state index in [9.17, 15) is 0 Å². The standard InChI is InChI=1S/C22H19N5S4/c1-15-23-17(12-28-15)13-29-21-26-25-20(27(21)11-16-7-3-2-4-8-16)14-30-22-24-18-9-5-6-10-19(18)31-22/h2-10,12H,11,13-14H2,1H3. The molecule has 9 heteroatoms. The zero-order chi connectivity index (χ0) is 21.0. The zero-order valence-electron chi connectivity index (χ0n) is 16.8. The van der Waals surface area contributed by atoms with Gasteiger partial charge >= 0.3 is 0 Å². The molecular formula is C22H19N5S4. The highest BCUT2D eigenvalue weighted by molar-refractivity contribution is 8.00. The lowest BCUT2D eigenvalue weighted by Gasteiger charge is -2.09. The van der Waals surface area contributed by atoms with Gasteiger partial charge in [0.05, 0.1) is 33.2 Å². The highest BCUT2D eigenvalue weighted by Gasteiger charge is 2.15. The van der Waals surface area contributed by atoms with Gasteiger partial charge in [0.1, 0.15) is 5.82 Å². The van der Waals surface area contributed by atoms with Crippen LogP contribution in [0.4, 0.5) is 0 Å². The summed E-state index contributed by atoms with van der Waals surface area (Å²) in [6.07, 6.45) is 0. The molecule has 3 aromatic heterocycles. The lowest BCUT2D eigenvalue weighted by molar-refractivity contribution is 0.685. The van der Waals surface area contributed by atoms with Gasteiger partial charge in [-0.25, -0.2) is 9.97 Å². The van der Waals surface area contributed by atoms with Gasteiger partial charge in [-0.05, 0) is 24.6 Å². The smallest absolute Gasteiger partial charge is 0.191 e. The molecule has 0 unspecified atom stereocenters. The van der Waals surface area contributed by atoms with E-state index in [0.717, 1.165) is 49.6 Å². The molecule has 0 aliphatic carbocycles. The van der Waals surface area contributed by atoms with E-state index in [2.05, 4.69) is 67.6 Å². The molecule has 31 heavy (non-hydrogen) atoms. The normalized spacial score (nSPS) is 11.4. The Morgan fingerprint density at radius 3 is 2.55 bits per heavy atom. The second kappa shape index (κ2) is 9.52. The average Bonchev–Trinajstić information content (AvgIpc) is 3.50. The minimum absolute atomic E-state index is 0.732. The number of aromatic nitrogens is 5. The van der Waals surface area contributed by atoms with Gasteiger partial charge in [0.2, 0.25) is 0 Å². The van der Waals surface area contributed by atoms with Crippen LogP contribution in [0.2, 0.25) is 0 Å². The van der Waals surface area contributed by atoms with Gasteiger partial charge in [-0.15, -0.1) is 32.9 Å². The molecule has 0 bridgehead atoms. The predicted molar refractivity (Wildman–Crippen MR) is 131 cm³/mol. The minimum atomic E-state index is 0.732. The van der Waals surface area contributed by atoms with Crippen LogP contribution in [-0.2, 0) is 18.1 Å². The average molecular weight is 482 g/mol. The first-order valence-corrected chi connectivity index (χ1v) is 13.4. The van der Waals surface area contributed by atoms with Crippen molar-refractivity contribution in [2.24, 2.45) is 0 Å². The fraction of sp³-hybridized carbons (Fsp3) is 0.182. The molecule has 0 atom stereocenters.